The number of ether oxygens (including phenoxy) is 1. The largest absolute Gasteiger partial charge is 0.493 e. The molecule has 4 nitrogen and oxygen atoms in total. The first-order chi connectivity index (χ1) is 10.8. The maximum Gasteiger partial charge on any atom is 0.122 e. The van der Waals surface area contributed by atoms with Crippen molar-refractivity contribution in [3.63, 3.8) is 0 Å². The molecular weight excluding hydrogens is 274 g/mol. The zero-order chi connectivity index (χ0) is 15.2. The number of para-hydroxylation sites is 1. The zero-order valence-electron chi connectivity index (χ0n) is 13.3. The van der Waals surface area contributed by atoms with E-state index in [2.05, 4.69) is 40.0 Å². The Morgan fingerprint density at radius 2 is 2.27 bits per heavy atom. The molecule has 0 unspecified atom stereocenters. The molecule has 2 heterocycles. The average molecular weight is 299 g/mol. The van der Waals surface area contributed by atoms with Crippen molar-refractivity contribution >= 4 is 0 Å². The number of rotatable bonds is 6. The molecule has 1 aliphatic heterocycles. The Kier molecular flexibility index (Phi) is 5.11. The van der Waals surface area contributed by atoms with Gasteiger partial charge in [-0.05, 0) is 37.9 Å². The van der Waals surface area contributed by atoms with Crippen LogP contribution in [0.25, 0.3) is 0 Å². The summed E-state index contributed by atoms with van der Waals surface area (Å²) in [4.78, 5) is 10.0. The Hall–Kier alpha value is -1.81. The first kappa shape index (κ1) is 15.1. The lowest BCUT2D eigenvalue weighted by Gasteiger charge is -2.32. The van der Waals surface area contributed by atoms with Gasteiger partial charge in [0.25, 0.3) is 0 Å². The lowest BCUT2D eigenvalue weighted by molar-refractivity contribution is 0.130. The van der Waals surface area contributed by atoms with E-state index in [4.69, 9.17) is 4.74 Å². The normalized spacial score (nSPS) is 19.2. The summed E-state index contributed by atoms with van der Waals surface area (Å²) in [7, 11) is 0. The van der Waals surface area contributed by atoms with Crippen LogP contribution in [-0.4, -0.2) is 41.1 Å². The summed E-state index contributed by atoms with van der Waals surface area (Å²) in [5, 5.41) is 0. The van der Waals surface area contributed by atoms with Crippen molar-refractivity contribution in [2.75, 3.05) is 26.2 Å². The van der Waals surface area contributed by atoms with Crippen LogP contribution in [0.15, 0.2) is 36.7 Å². The Morgan fingerprint density at radius 1 is 1.36 bits per heavy atom. The fourth-order valence-corrected chi connectivity index (χ4v) is 3.12. The average Bonchev–Trinajstić information content (AvgIpc) is 3.06. The predicted octanol–water partition coefficient (Wildman–Crippen LogP) is 3.05. The smallest absolute Gasteiger partial charge is 0.122 e. The second-order valence-electron chi connectivity index (χ2n) is 6.17. The number of aromatic amines is 1. The zero-order valence-corrected chi connectivity index (χ0v) is 13.3. The second-order valence-corrected chi connectivity index (χ2v) is 6.17. The van der Waals surface area contributed by atoms with Crippen LogP contribution in [0.3, 0.4) is 0 Å². The van der Waals surface area contributed by atoms with Crippen molar-refractivity contribution in [1.82, 2.24) is 14.9 Å². The molecule has 3 rings (SSSR count). The predicted molar refractivity (Wildman–Crippen MR) is 88.1 cm³/mol. The van der Waals surface area contributed by atoms with Crippen molar-refractivity contribution < 1.29 is 4.74 Å². The van der Waals surface area contributed by atoms with Gasteiger partial charge in [0.2, 0.25) is 0 Å². The molecule has 0 radical (unpaired) electrons. The number of likely N-dealkylation sites (tertiary alicyclic amines) is 1. The van der Waals surface area contributed by atoms with E-state index in [1.54, 1.807) is 0 Å². The quantitative estimate of drug-likeness (QED) is 0.891. The molecule has 1 saturated heterocycles. The van der Waals surface area contributed by atoms with Gasteiger partial charge < -0.3 is 14.6 Å². The Morgan fingerprint density at radius 3 is 3.09 bits per heavy atom. The van der Waals surface area contributed by atoms with Gasteiger partial charge >= 0.3 is 0 Å². The van der Waals surface area contributed by atoms with E-state index in [1.165, 1.54) is 24.9 Å². The summed E-state index contributed by atoms with van der Waals surface area (Å²) in [6.07, 6.45) is 7.25. The standard InChI is InChI=1S/C18H25N3O/c1-15-5-2-3-7-17(15)22-14-16-6-4-11-21(13-16)12-8-18-19-9-10-20-18/h2-3,5,7,9-10,16H,4,6,8,11-14H2,1H3,(H,19,20)/t16-/m1/s1. The molecule has 4 heteroatoms. The third-order valence-electron chi connectivity index (χ3n) is 4.39. The molecule has 0 aliphatic carbocycles. The van der Waals surface area contributed by atoms with Gasteiger partial charge in [-0.15, -0.1) is 0 Å². The van der Waals surface area contributed by atoms with Crippen LogP contribution in [-0.2, 0) is 6.42 Å². The molecule has 1 aliphatic rings. The fraction of sp³-hybridized carbons (Fsp3) is 0.500. The highest BCUT2D eigenvalue weighted by Crippen LogP contribution is 2.21. The van der Waals surface area contributed by atoms with E-state index in [9.17, 15) is 0 Å². The molecule has 22 heavy (non-hydrogen) atoms. The van der Waals surface area contributed by atoms with Crippen LogP contribution in [0.1, 0.15) is 24.2 Å². The van der Waals surface area contributed by atoms with Crippen molar-refractivity contribution in [3.8, 4) is 5.75 Å². The first-order valence-electron chi connectivity index (χ1n) is 8.20. The van der Waals surface area contributed by atoms with Crippen LogP contribution >= 0.6 is 0 Å². The number of nitrogens with one attached hydrogen (secondary N) is 1. The van der Waals surface area contributed by atoms with Gasteiger partial charge in [0, 0.05) is 37.8 Å². The van der Waals surface area contributed by atoms with Gasteiger partial charge in [-0.1, -0.05) is 18.2 Å². The van der Waals surface area contributed by atoms with E-state index in [-0.39, 0.29) is 0 Å². The molecule has 0 spiro atoms. The molecule has 1 N–H and O–H groups in total. The number of H-pyrrole nitrogens is 1. The van der Waals surface area contributed by atoms with Crippen molar-refractivity contribution in [2.45, 2.75) is 26.2 Å². The van der Waals surface area contributed by atoms with Crippen LogP contribution < -0.4 is 4.74 Å². The third-order valence-corrected chi connectivity index (χ3v) is 4.39. The molecule has 0 amide bonds. The van der Waals surface area contributed by atoms with Gasteiger partial charge in [0.05, 0.1) is 6.61 Å². The van der Waals surface area contributed by atoms with E-state index in [0.29, 0.717) is 5.92 Å². The molecule has 1 aromatic carbocycles. The maximum atomic E-state index is 6.03. The summed E-state index contributed by atoms with van der Waals surface area (Å²) in [5.41, 5.74) is 1.22. The molecule has 2 aromatic rings. The van der Waals surface area contributed by atoms with Crippen molar-refractivity contribution in [3.05, 3.63) is 48.0 Å². The summed E-state index contributed by atoms with van der Waals surface area (Å²) in [6, 6.07) is 8.26. The Labute approximate surface area is 132 Å². The van der Waals surface area contributed by atoms with Crippen LogP contribution in [0.5, 0.6) is 5.75 Å². The van der Waals surface area contributed by atoms with E-state index >= 15 is 0 Å². The highest BCUT2D eigenvalue weighted by molar-refractivity contribution is 5.31. The molecule has 1 atom stereocenters. The molecule has 0 saturated carbocycles. The summed E-state index contributed by atoms with van der Waals surface area (Å²) >= 11 is 0. The van der Waals surface area contributed by atoms with E-state index in [0.717, 1.165) is 37.7 Å². The summed E-state index contributed by atoms with van der Waals surface area (Å²) in [5.74, 6) is 2.73. The number of imidazole rings is 1. The molecule has 0 bridgehead atoms. The number of piperidine rings is 1. The minimum atomic E-state index is 0.630. The van der Waals surface area contributed by atoms with E-state index in [1.807, 2.05) is 18.5 Å². The van der Waals surface area contributed by atoms with E-state index < -0.39 is 0 Å². The number of nitrogens with zero attached hydrogens (tertiary/aromatic N) is 2. The lowest BCUT2D eigenvalue weighted by Crippen LogP contribution is -2.38. The van der Waals surface area contributed by atoms with Gasteiger partial charge in [0.15, 0.2) is 0 Å². The van der Waals surface area contributed by atoms with Gasteiger partial charge in [-0.3, -0.25) is 0 Å². The Bertz CT molecular complexity index is 567. The van der Waals surface area contributed by atoms with Crippen LogP contribution in [0.4, 0.5) is 0 Å². The third kappa shape index (κ3) is 4.10. The summed E-state index contributed by atoms with van der Waals surface area (Å²) in [6.45, 7) is 6.33. The van der Waals surface area contributed by atoms with Crippen molar-refractivity contribution in [2.24, 2.45) is 5.92 Å². The molecule has 1 fully saturated rings. The number of aryl methyl sites for hydroxylation is 1. The molecule has 1 aromatic heterocycles. The Balaban J connectivity index is 1.45. The number of aromatic nitrogens is 2. The first-order valence-corrected chi connectivity index (χ1v) is 8.20. The molecular formula is C18H25N3O. The summed E-state index contributed by atoms with van der Waals surface area (Å²) < 4.78 is 6.03. The second kappa shape index (κ2) is 7.45. The molecule has 118 valence electrons. The highest BCUT2D eigenvalue weighted by atomic mass is 16.5. The highest BCUT2D eigenvalue weighted by Gasteiger charge is 2.20. The van der Waals surface area contributed by atoms with Crippen LogP contribution in [0.2, 0.25) is 0 Å². The number of benzene rings is 1. The minimum Gasteiger partial charge on any atom is -0.493 e. The van der Waals surface area contributed by atoms with Gasteiger partial charge in [0.1, 0.15) is 11.6 Å². The van der Waals surface area contributed by atoms with Crippen LogP contribution in [0, 0.1) is 12.8 Å². The monoisotopic (exact) mass is 299 g/mol. The number of hydrogen-bond donors (Lipinski definition) is 1. The van der Waals surface area contributed by atoms with Gasteiger partial charge in [-0.2, -0.15) is 0 Å². The lowest BCUT2D eigenvalue weighted by atomic mass is 9.99. The minimum absolute atomic E-state index is 0.630. The topological polar surface area (TPSA) is 41.1 Å². The SMILES string of the molecule is Cc1ccccc1OC[C@@H]1CCCN(CCc2ncc[nH]2)C1. The maximum absolute atomic E-state index is 6.03. The number of hydrogen-bond acceptors (Lipinski definition) is 3. The van der Waals surface area contributed by atoms with Gasteiger partial charge in [-0.25, -0.2) is 4.98 Å². The fourth-order valence-electron chi connectivity index (χ4n) is 3.12. The van der Waals surface area contributed by atoms with Crippen molar-refractivity contribution in [1.29, 1.82) is 0 Å².